The zero-order valence-electron chi connectivity index (χ0n) is 21.9. The van der Waals surface area contributed by atoms with Gasteiger partial charge in [-0.05, 0) is 90.3 Å². The van der Waals surface area contributed by atoms with Gasteiger partial charge in [0.1, 0.15) is 5.75 Å². The molecule has 3 aromatic rings. The predicted octanol–water partition coefficient (Wildman–Crippen LogP) is 6.52. The summed E-state index contributed by atoms with van der Waals surface area (Å²) in [7, 11) is -4.48. The van der Waals surface area contributed by atoms with E-state index in [2.05, 4.69) is 38.1 Å². The smallest absolute Gasteiger partial charge is 0.466 e. The van der Waals surface area contributed by atoms with Crippen LogP contribution in [0.25, 0.3) is 6.08 Å². The minimum atomic E-state index is -5.78. The van der Waals surface area contributed by atoms with Crippen LogP contribution in [0.3, 0.4) is 0 Å². The summed E-state index contributed by atoms with van der Waals surface area (Å²) in [5.74, 6) is -0.237. The van der Waals surface area contributed by atoms with Crippen molar-refractivity contribution in [3.05, 3.63) is 101 Å². The average molecular weight is 572 g/mol. The molecule has 1 heterocycles. The number of fused-ring (bicyclic) bond motifs is 1. The van der Waals surface area contributed by atoms with Crippen molar-refractivity contribution in [2.45, 2.75) is 49.7 Å². The fraction of sp³-hybridized carbons (Fsp3) is 0.300. The van der Waals surface area contributed by atoms with Crippen LogP contribution in [0.15, 0.2) is 72.8 Å². The van der Waals surface area contributed by atoms with Crippen LogP contribution >= 0.6 is 0 Å². The van der Waals surface area contributed by atoms with Crippen LogP contribution in [-0.4, -0.2) is 33.0 Å². The van der Waals surface area contributed by atoms with E-state index in [-0.39, 0.29) is 17.8 Å². The number of esters is 1. The molecule has 0 bridgehead atoms. The monoisotopic (exact) mass is 571 g/mol. The van der Waals surface area contributed by atoms with E-state index in [4.69, 9.17) is 0 Å². The van der Waals surface area contributed by atoms with E-state index >= 15 is 0 Å². The van der Waals surface area contributed by atoms with Gasteiger partial charge in [-0.2, -0.15) is 21.6 Å². The Labute approximate surface area is 231 Å². The summed E-state index contributed by atoms with van der Waals surface area (Å²) in [6, 6.07) is 20.0. The number of ether oxygens (including phenoxy) is 1. The highest BCUT2D eigenvalue weighted by Gasteiger charge is 2.48. The molecule has 1 aliphatic heterocycles. The minimum absolute atomic E-state index is 0.0716. The van der Waals surface area contributed by atoms with Crippen molar-refractivity contribution in [1.82, 2.24) is 0 Å². The normalized spacial score (nSPS) is 19.4. The molecule has 0 amide bonds. The molecule has 5 rings (SSSR count). The molecule has 2 unspecified atom stereocenters. The first-order valence-corrected chi connectivity index (χ1v) is 14.3. The van der Waals surface area contributed by atoms with Gasteiger partial charge in [-0.1, -0.05) is 42.5 Å². The number of alkyl halides is 3. The van der Waals surface area contributed by atoms with Crippen molar-refractivity contribution in [2.24, 2.45) is 0 Å². The van der Waals surface area contributed by atoms with E-state index in [0.29, 0.717) is 17.9 Å². The largest absolute Gasteiger partial charge is 0.534 e. The summed E-state index contributed by atoms with van der Waals surface area (Å²) in [4.78, 5) is 13.8. The molecule has 3 aromatic carbocycles. The Kier molecular flexibility index (Phi) is 7.39. The lowest BCUT2D eigenvalue weighted by Gasteiger charge is -2.44. The molecule has 210 valence electrons. The molecule has 2 aliphatic rings. The molecular weight excluding hydrogens is 543 g/mol. The van der Waals surface area contributed by atoms with Crippen molar-refractivity contribution in [2.75, 3.05) is 12.0 Å². The molecule has 40 heavy (non-hydrogen) atoms. The minimum Gasteiger partial charge on any atom is -0.466 e. The van der Waals surface area contributed by atoms with Crippen molar-refractivity contribution in [1.29, 1.82) is 0 Å². The maximum absolute atomic E-state index is 12.9. The van der Waals surface area contributed by atoms with Gasteiger partial charge in [0.15, 0.2) is 0 Å². The molecule has 1 saturated carbocycles. The first-order valence-electron chi connectivity index (χ1n) is 12.8. The van der Waals surface area contributed by atoms with Gasteiger partial charge < -0.3 is 13.8 Å². The summed E-state index contributed by atoms with van der Waals surface area (Å²) in [5.41, 5.74) is 0.0334. The molecule has 10 heteroatoms. The number of carbonyl (C=O) groups is 1. The maximum Gasteiger partial charge on any atom is 0.534 e. The Morgan fingerprint density at radius 2 is 1.62 bits per heavy atom. The first kappa shape index (κ1) is 27.8. The highest BCUT2D eigenvalue weighted by molar-refractivity contribution is 7.88. The van der Waals surface area contributed by atoms with Gasteiger partial charge in [-0.25, -0.2) is 4.79 Å². The van der Waals surface area contributed by atoms with Crippen LogP contribution in [-0.2, 0) is 26.1 Å². The lowest BCUT2D eigenvalue weighted by molar-refractivity contribution is -0.134. The fourth-order valence-electron chi connectivity index (χ4n) is 5.17. The quantitative estimate of drug-likeness (QED) is 0.139. The molecule has 0 radical (unpaired) electrons. The van der Waals surface area contributed by atoms with Crippen molar-refractivity contribution in [3.63, 3.8) is 0 Å². The van der Waals surface area contributed by atoms with Crippen molar-refractivity contribution < 1.29 is 35.3 Å². The van der Waals surface area contributed by atoms with Crippen molar-refractivity contribution in [3.8, 4) is 5.75 Å². The molecule has 1 aliphatic carbocycles. The molecular formula is C30H28F3NO5S. The molecule has 1 fully saturated rings. The topological polar surface area (TPSA) is 72.9 Å². The van der Waals surface area contributed by atoms with Crippen molar-refractivity contribution >= 4 is 27.9 Å². The third-order valence-corrected chi connectivity index (χ3v) is 8.25. The molecule has 0 spiro atoms. The lowest BCUT2D eigenvalue weighted by Crippen LogP contribution is -2.43. The van der Waals surface area contributed by atoms with Crippen LogP contribution in [0.4, 0.5) is 18.9 Å². The van der Waals surface area contributed by atoms with Crippen LogP contribution in [0.5, 0.6) is 5.75 Å². The van der Waals surface area contributed by atoms with E-state index in [1.807, 2.05) is 31.2 Å². The van der Waals surface area contributed by atoms with Gasteiger partial charge in [-0.3, -0.25) is 0 Å². The maximum atomic E-state index is 12.9. The van der Waals surface area contributed by atoms with Gasteiger partial charge in [0.25, 0.3) is 0 Å². The van der Waals surface area contributed by atoms with Gasteiger partial charge >= 0.3 is 21.6 Å². The van der Waals surface area contributed by atoms with E-state index < -0.39 is 21.6 Å². The molecule has 0 aromatic heterocycles. The third-order valence-electron chi connectivity index (χ3n) is 7.27. The second kappa shape index (κ2) is 10.6. The predicted molar refractivity (Wildman–Crippen MR) is 145 cm³/mol. The average Bonchev–Trinajstić information content (AvgIpc) is 3.76. The second-order valence-corrected chi connectivity index (χ2v) is 11.6. The van der Waals surface area contributed by atoms with Gasteiger partial charge in [0.2, 0.25) is 0 Å². The van der Waals surface area contributed by atoms with Crippen LogP contribution in [0, 0.1) is 0 Å². The summed E-state index contributed by atoms with van der Waals surface area (Å²) >= 11 is 0. The van der Waals surface area contributed by atoms with E-state index in [9.17, 15) is 26.4 Å². The number of hydrogen-bond donors (Lipinski definition) is 0. The summed E-state index contributed by atoms with van der Waals surface area (Å²) in [5, 5.41) is 0. The molecule has 0 saturated heterocycles. The summed E-state index contributed by atoms with van der Waals surface area (Å²) in [6.45, 7) is 2.03. The van der Waals surface area contributed by atoms with Gasteiger partial charge in [0.05, 0.1) is 13.2 Å². The molecule has 0 N–H and O–H groups in total. The number of anilines is 1. The number of nitrogens with zero attached hydrogens (tertiary/aromatic N) is 1. The van der Waals surface area contributed by atoms with E-state index in [1.54, 1.807) is 12.1 Å². The number of rotatable bonds is 7. The molecule has 6 nitrogen and oxygen atoms in total. The number of hydrogen-bond acceptors (Lipinski definition) is 6. The zero-order valence-corrected chi connectivity index (χ0v) is 22.7. The Balaban J connectivity index is 1.54. The second-order valence-electron chi connectivity index (χ2n) is 10.1. The first-order chi connectivity index (χ1) is 19.0. The highest BCUT2D eigenvalue weighted by Crippen LogP contribution is 2.44. The Morgan fingerprint density at radius 3 is 2.23 bits per heavy atom. The Morgan fingerprint density at radius 1 is 0.975 bits per heavy atom. The van der Waals surface area contributed by atoms with Crippen LogP contribution in [0.1, 0.15) is 59.5 Å². The number of methoxy groups -OCH3 is 1. The van der Waals surface area contributed by atoms with E-state index in [1.165, 1.54) is 43.7 Å². The Bertz CT molecular complexity index is 1530. The van der Waals surface area contributed by atoms with Gasteiger partial charge in [0, 0.05) is 17.8 Å². The third kappa shape index (κ3) is 5.72. The number of carbonyl (C=O) groups excluding carboxylic acids is 1. The standard InChI is InChI=1S/C30H28F3NO5S/c1-19-17-24-18-26(39-40(36,37)30(31,32)33)14-15-27(24)29(23-6-3-20(4-7-23)5-16-28(35)38-2)34(19)25-12-10-22(11-13-25)21-8-9-21/h3-7,10-16,18-19,21,29H,8-9,17H2,1-2H3/b16-5+. The number of benzene rings is 3. The van der Waals surface area contributed by atoms with Crippen LogP contribution < -0.4 is 9.08 Å². The van der Waals surface area contributed by atoms with Gasteiger partial charge in [-0.15, -0.1) is 0 Å². The van der Waals surface area contributed by atoms with E-state index in [0.717, 1.165) is 22.4 Å². The lowest BCUT2D eigenvalue weighted by atomic mass is 9.84. The zero-order chi connectivity index (χ0) is 28.7. The summed E-state index contributed by atoms with van der Waals surface area (Å²) in [6.07, 6.45) is 5.84. The molecule has 2 atom stereocenters. The SMILES string of the molecule is COC(=O)/C=C/c1ccc(C2c3ccc(OS(=O)(=O)C(F)(F)F)cc3CC(C)N2c2ccc(C3CC3)cc2)cc1. The fourth-order valence-corrected chi connectivity index (χ4v) is 5.62. The number of halogens is 3. The van der Waals surface area contributed by atoms with Crippen LogP contribution in [0.2, 0.25) is 0 Å². The highest BCUT2D eigenvalue weighted by atomic mass is 32.2. The Hall–Kier alpha value is -3.79. The summed E-state index contributed by atoms with van der Waals surface area (Å²) < 4.78 is 71.1.